The molecule has 0 unspecified atom stereocenters. The largest absolute Gasteiger partial charge is 0.430 e. The Bertz CT molecular complexity index is 352. The topological polar surface area (TPSA) is 64.1 Å². The number of aromatic nitrogens is 3. The standard InChI is InChI=1S/C7H7N3O2/c11-4-6-5-12-7(9-6)10-3-1-2-8-10/h1-3,5,11H,4H2. The fourth-order valence-electron chi connectivity index (χ4n) is 0.856. The molecule has 0 spiro atoms. The van der Waals surface area contributed by atoms with Gasteiger partial charge in [0.2, 0.25) is 0 Å². The predicted octanol–water partition coefficient (Wildman–Crippen LogP) is 0.353. The minimum atomic E-state index is -0.120. The molecular weight excluding hydrogens is 158 g/mol. The highest BCUT2D eigenvalue weighted by Gasteiger charge is 2.03. The molecule has 0 aliphatic carbocycles. The Morgan fingerprint density at radius 2 is 2.50 bits per heavy atom. The van der Waals surface area contributed by atoms with Gasteiger partial charge in [0, 0.05) is 12.4 Å². The summed E-state index contributed by atoms with van der Waals surface area (Å²) in [5.41, 5.74) is 0.500. The lowest BCUT2D eigenvalue weighted by Gasteiger charge is -1.89. The molecule has 62 valence electrons. The molecule has 5 nitrogen and oxygen atoms in total. The van der Waals surface area contributed by atoms with Gasteiger partial charge in [0.25, 0.3) is 0 Å². The van der Waals surface area contributed by atoms with Crippen molar-refractivity contribution in [1.82, 2.24) is 14.8 Å². The molecule has 2 heterocycles. The van der Waals surface area contributed by atoms with Gasteiger partial charge in [-0.25, -0.2) is 0 Å². The Morgan fingerprint density at radius 1 is 1.58 bits per heavy atom. The fourth-order valence-corrected chi connectivity index (χ4v) is 0.856. The number of hydrogen-bond donors (Lipinski definition) is 1. The second-order valence-electron chi connectivity index (χ2n) is 2.23. The molecule has 0 radical (unpaired) electrons. The van der Waals surface area contributed by atoms with Crippen LogP contribution in [0.1, 0.15) is 5.69 Å². The van der Waals surface area contributed by atoms with Crippen LogP contribution in [0.4, 0.5) is 0 Å². The number of aliphatic hydroxyl groups is 1. The van der Waals surface area contributed by atoms with Gasteiger partial charge < -0.3 is 9.52 Å². The van der Waals surface area contributed by atoms with Crippen LogP contribution in [0.15, 0.2) is 29.1 Å². The van der Waals surface area contributed by atoms with E-state index in [-0.39, 0.29) is 6.61 Å². The minimum Gasteiger partial charge on any atom is -0.430 e. The normalized spacial score (nSPS) is 10.4. The third kappa shape index (κ3) is 1.10. The van der Waals surface area contributed by atoms with E-state index in [0.29, 0.717) is 11.7 Å². The smallest absolute Gasteiger partial charge is 0.322 e. The molecule has 2 aromatic rings. The molecule has 0 saturated heterocycles. The van der Waals surface area contributed by atoms with Gasteiger partial charge in [-0.2, -0.15) is 14.8 Å². The quantitative estimate of drug-likeness (QED) is 0.697. The van der Waals surface area contributed by atoms with Gasteiger partial charge in [0.15, 0.2) is 0 Å². The lowest BCUT2D eigenvalue weighted by molar-refractivity contribution is 0.276. The van der Waals surface area contributed by atoms with Crippen LogP contribution in [0, 0.1) is 0 Å². The van der Waals surface area contributed by atoms with E-state index in [1.807, 2.05) is 0 Å². The zero-order valence-corrected chi connectivity index (χ0v) is 6.21. The first-order valence-corrected chi connectivity index (χ1v) is 3.45. The van der Waals surface area contributed by atoms with Crippen LogP contribution >= 0.6 is 0 Å². The summed E-state index contributed by atoms with van der Waals surface area (Å²) < 4.78 is 6.51. The van der Waals surface area contributed by atoms with Gasteiger partial charge in [-0.1, -0.05) is 0 Å². The van der Waals surface area contributed by atoms with Crippen LogP contribution in [-0.4, -0.2) is 19.9 Å². The van der Waals surface area contributed by atoms with Gasteiger partial charge in [-0.15, -0.1) is 0 Å². The first-order valence-electron chi connectivity index (χ1n) is 3.45. The van der Waals surface area contributed by atoms with Crippen molar-refractivity contribution in [1.29, 1.82) is 0 Å². The van der Waals surface area contributed by atoms with Crippen molar-refractivity contribution >= 4 is 0 Å². The SMILES string of the molecule is OCc1coc(-n2cccn2)n1. The average molecular weight is 165 g/mol. The Kier molecular flexibility index (Phi) is 1.64. The molecular formula is C7H7N3O2. The monoisotopic (exact) mass is 165 g/mol. The summed E-state index contributed by atoms with van der Waals surface area (Å²) in [6.07, 6.45) is 4.74. The zero-order valence-electron chi connectivity index (χ0n) is 6.21. The molecule has 0 amide bonds. The number of aliphatic hydroxyl groups excluding tert-OH is 1. The molecule has 0 fully saturated rings. The molecule has 0 saturated carbocycles. The molecule has 2 aromatic heterocycles. The van der Waals surface area contributed by atoms with Gasteiger partial charge in [-0.3, -0.25) is 0 Å². The number of rotatable bonds is 2. The van der Waals surface area contributed by atoms with Crippen LogP contribution in [0.2, 0.25) is 0 Å². The second-order valence-corrected chi connectivity index (χ2v) is 2.23. The summed E-state index contributed by atoms with van der Waals surface area (Å²) in [4.78, 5) is 3.96. The Labute approximate surface area is 68.3 Å². The highest BCUT2D eigenvalue weighted by Crippen LogP contribution is 2.05. The molecule has 1 N–H and O–H groups in total. The Hall–Kier alpha value is -1.62. The van der Waals surface area contributed by atoms with Gasteiger partial charge in [0.05, 0.1) is 6.61 Å². The van der Waals surface area contributed by atoms with Crippen LogP contribution < -0.4 is 0 Å². The van der Waals surface area contributed by atoms with Crippen molar-refractivity contribution in [3.05, 3.63) is 30.4 Å². The molecule has 0 aliphatic heterocycles. The summed E-state index contributed by atoms with van der Waals surface area (Å²) in [5.74, 6) is 0. The van der Waals surface area contributed by atoms with E-state index < -0.39 is 0 Å². The molecule has 0 aliphatic rings. The molecule has 12 heavy (non-hydrogen) atoms. The van der Waals surface area contributed by atoms with E-state index >= 15 is 0 Å². The van der Waals surface area contributed by atoms with Gasteiger partial charge >= 0.3 is 6.01 Å². The van der Waals surface area contributed by atoms with Crippen LogP contribution in [0.5, 0.6) is 0 Å². The van der Waals surface area contributed by atoms with Crippen molar-refractivity contribution in [3.8, 4) is 6.01 Å². The summed E-state index contributed by atoms with van der Waals surface area (Å²) in [5, 5.41) is 12.6. The maximum atomic E-state index is 8.70. The molecule has 0 aromatic carbocycles. The lowest BCUT2D eigenvalue weighted by Crippen LogP contribution is -1.94. The summed E-state index contributed by atoms with van der Waals surface area (Å²) >= 11 is 0. The highest BCUT2D eigenvalue weighted by atomic mass is 16.4. The zero-order chi connectivity index (χ0) is 8.39. The fraction of sp³-hybridized carbons (Fsp3) is 0.143. The van der Waals surface area contributed by atoms with Crippen molar-refractivity contribution in [2.45, 2.75) is 6.61 Å². The van der Waals surface area contributed by atoms with Crippen LogP contribution in [-0.2, 0) is 6.61 Å². The molecule has 0 atom stereocenters. The maximum absolute atomic E-state index is 8.70. The van der Waals surface area contributed by atoms with E-state index in [4.69, 9.17) is 9.52 Å². The van der Waals surface area contributed by atoms with Crippen molar-refractivity contribution in [3.63, 3.8) is 0 Å². The summed E-state index contributed by atoms with van der Waals surface area (Å²) in [6.45, 7) is -0.120. The van der Waals surface area contributed by atoms with E-state index in [9.17, 15) is 0 Å². The first-order chi connectivity index (χ1) is 5.90. The number of oxazole rings is 1. The predicted molar refractivity (Wildman–Crippen MR) is 39.5 cm³/mol. The highest BCUT2D eigenvalue weighted by molar-refractivity contribution is 5.07. The second kappa shape index (κ2) is 2.78. The first kappa shape index (κ1) is 7.05. The van der Waals surface area contributed by atoms with E-state index in [1.54, 1.807) is 18.5 Å². The summed E-state index contributed by atoms with van der Waals surface area (Å²) in [6, 6.07) is 2.13. The Balaban J connectivity index is 2.35. The third-order valence-corrected chi connectivity index (χ3v) is 1.40. The van der Waals surface area contributed by atoms with Crippen molar-refractivity contribution < 1.29 is 9.52 Å². The number of nitrogens with zero attached hydrogens (tertiary/aromatic N) is 3. The van der Waals surface area contributed by atoms with E-state index in [2.05, 4.69) is 10.1 Å². The average Bonchev–Trinajstić information content (AvgIpc) is 2.75. The lowest BCUT2D eigenvalue weighted by atomic mass is 10.5. The van der Waals surface area contributed by atoms with Crippen molar-refractivity contribution in [2.24, 2.45) is 0 Å². The number of hydrogen-bond acceptors (Lipinski definition) is 4. The van der Waals surface area contributed by atoms with Crippen LogP contribution in [0.3, 0.4) is 0 Å². The third-order valence-electron chi connectivity index (χ3n) is 1.40. The van der Waals surface area contributed by atoms with E-state index in [1.165, 1.54) is 10.9 Å². The van der Waals surface area contributed by atoms with Gasteiger partial charge in [-0.05, 0) is 6.07 Å². The van der Waals surface area contributed by atoms with Crippen LogP contribution in [0.25, 0.3) is 6.01 Å². The minimum absolute atomic E-state index is 0.120. The van der Waals surface area contributed by atoms with E-state index in [0.717, 1.165) is 0 Å². The molecule has 0 bridgehead atoms. The summed E-state index contributed by atoms with van der Waals surface area (Å²) in [7, 11) is 0. The Morgan fingerprint density at radius 3 is 3.08 bits per heavy atom. The maximum Gasteiger partial charge on any atom is 0.322 e. The van der Waals surface area contributed by atoms with Gasteiger partial charge in [0.1, 0.15) is 12.0 Å². The molecule has 2 rings (SSSR count). The molecule has 5 heteroatoms. The van der Waals surface area contributed by atoms with Crippen molar-refractivity contribution in [2.75, 3.05) is 0 Å².